The first-order valence-corrected chi connectivity index (χ1v) is 5.66. The quantitative estimate of drug-likeness (QED) is 0.633. The summed E-state index contributed by atoms with van der Waals surface area (Å²) in [5.41, 5.74) is 0. The molecule has 2 fully saturated rings. The first-order valence-electron chi connectivity index (χ1n) is 5.66. The van der Waals surface area contributed by atoms with Crippen molar-refractivity contribution < 1.29 is 14.4 Å². The van der Waals surface area contributed by atoms with Crippen molar-refractivity contribution in [2.45, 2.75) is 32.7 Å². The highest BCUT2D eigenvalue weighted by molar-refractivity contribution is 6.05. The summed E-state index contributed by atoms with van der Waals surface area (Å²) >= 11 is 0. The van der Waals surface area contributed by atoms with Gasteiger partial charge in [0.1, 0.15) is 0 Å². The van der Waals surface area contributed by atoms with Gasteiger partial charge >= 0.3 is 0 Å². The smallest absolute Gasteiger partial charge is 0.233 e. The zero-order valence-corrected chi connectivity index (χ0v) is 9.53. The molecule has 0 saturated carbocycles. The van der Waals surface area contributed by atoms with Gasteiger partial charge in [0, 0.05) is 24.8 Å². The molecule has 2 aliphatic rings. The van der Waals surface area contributed by atoms with Crippen molar-refractivity contribution in [2.75, 3.05) is 6.54 Å². The van der Waals surface area contributed by atoms with Crippen molar-refractivity contribution >= 4 is 17.7 Å². The molecule has 3 amide bonds. The van der Waals surface area contributed by atoms with Gasteiger partial charge in [-0.2, -0.15) is 0 Å². The van der Waals surface area contributed by atoms with E-state index in [4.69, 9.17) is 0 Å². The fourth-order valence-electron chi connectivity index (χ4n) is 2.28. The van der Waals surface area contributed by atoms with Crippen LogP contribution in [0, 0.1) is 11.8 Å². The van der Waals surface area contributed by atoms with E-state index in [1.54, 1.807) is 13.8 Å². The maximum absolute atomic E-state index is 11.9. The van der Waals surface area contributed by atoms with Crippen molar-refractivity contribution in [2.24, 2.45) is 11.8 Å². The Bertz CT molecular complexity index is 323. The second-order valence-electron chi connectivity index (χ2n) is 4.62. The molecule has 2 heterocycles. The highest BCUT2D eigenvalue weighted by atomic mass is 16.2. The van der Waals surface area contributed by atoms with E-state index < -0.39 is 0 Å². The fraction of sp³-hybridized carbons (Fsp3) is 0.727. The number of nitrogens with zero attached hydrogens (tertiary/aromatic N) is 1. The highest BCUT2D eigenvalue weighted by Gasteiger charge is 2.45. The van der Waals surface area contributed by atoms with E-state index in [-0.39, 0.29) is 35.6 Å². The number of nitrogens with one attached hydrogen (secondary N) is 1. The molecule has 2 rings (SSSR count). The van der Waals surface area contributed by atoms with Crippen molar-refractivity contribution in [3.05, 3.63) is 0 Å². The predicted molar refractivity (Wildman–Crippen MR) is 56.2 cm³/mol. The highest BCUT2D eigenvalue weighted by Crippen LogP contribution is 2.28. The van der Waals surface area contributed by atoms with Crippen molar-refractivity contribution in [1.29, 1.82) is 0 Å². The van der Waals surface area contributed by atoms with Crippen LogP contribution >= 0.6 is 0 Å². The molecule has 2 saturated heterocycles. The standard InChI is InChI=1S/C11H16N2O3/c1-6-7(2)11(16)13(10(6)15)8-3-4-9(14)12-5-8/h6-8H,3-5H2,1-2H3,(H,12,14). The maximum atomic E-state index is 11.9. The Labute approximate surface area is 94.2 Å². The molecule has 2 aliphatic heterocycles. The number of carbonyl (C=O) groups excluding carboxylic acids is 3. The Morgan fingerprint density at radius 3 is 2.12 bits per heavy atom. The van der Waals surface area contributed by atoms with Crippen LogP contribution in [0.1, 0.15) is 26.7 Å². The lowest BCUT2D eigenvalue weighted by molar-refractivity contribution is -0.144. The molecule has 0 aliphatic carbocycles. The summed E-state index contributed by atoms with van der Waals surface area (Å²) in [4.78, 5) is 36.2. The monoisotopic (exact) mass is 224 g/mol. The molecule has 0 spiro atoms. The number of piperidine rings is 1. The molecule has 3 unspecified atom stereocenters. The molecule has 0 aromatic carbocycles. The number of likely N-dealkylation sites (tertiary alicyclic amines) is 1. The molecule has 3 atom stereocenters. The summed E-state index contributed by atoms with van der Waals surface area (Å²) in [6.45, 7) is 3.97. The van der Waals surface area contributed by atoms with Crippen LogP contribution in [0.4, 0.5) is 0 Å². The van der Waals surface area contributed by atoms with Crippen molar-refractivity contribution in [1.82, 2.24) is 10.2 Å². The summed E-state index contributed by atoms with van der Waals surface area (Å²) in [6, 6.07) is -0.148. The van der Waals surface area contributed by atoms with E-state index in [0.29, 0.717) is 19.4 Å². The lowest BCUT2D eigenvalue weighted by Crippen LogP contribution is -2.50. The molecule has 0 aromatic heterocycles. The lowest BCUT2D eigenvalue weighted by Gasteiger charge is -2.29. The summed E-state index contributed by atoms with van der Waals surface area (Å²) < 4.78 is 0. The van der Waals surface area contributed by atoms with E-state index in [9.17, 15) is 14.4 Å². The molecule has 16 heavy (non-hydrogen) atoms. The zero-order valence-electron chi connectivity index (χ0n) is 9.53. The van der Waals surface area contributed by atoms with Gasteiger partial charge in [0.15, 0.2) is 0 Å². The Morgan fingerprint density at radius 2 is 1.69 bits per heavy atom. The summed E-state index contributed by atoms with van der Waals surface area (Å²) in [7, 11) is 0. The van der Waals surface area contributed by atoms with Crippen LogP contribution in [-0.2, 0) is 14.4 Å². The summed E-state index contributed by atoms with van der Waals surface area (Å²) in [5.74, 6) is -0.663. The van der Waals surface area contributed by atoms with Crippen LogP contribution in [0.25, 0.3) is 0 Å². The fourth-order valence-corrected chi connectivity index (χ4v) is 2.28. The first kappa shape index (κ1) is 11.1. The Kier molecular flexibility index (Phi) is 2.69. The van der Waals surface area contributed by atoms with Crippen molar-refractivity contribution in [3.8, 4) is 0 Å². The Balaban J connectivity index is 2.12. The van der Waals surface area contributed by atoms with Crippen LogP contribution in [0.15, 0.2) is 0 Å². The average molecular weight is 224 g/mol. The second-order valence-corrected chi connectivity index (χ2v) is 4.62. The van der Waals surface area contributed by atoms with Crippen LogP contribution in [0.3, 0.4) is 0 Å². The molecular weight excluding hydrogens is 208 g/mol. The average Bonchev–Trinajstić information content (AvgIpc) is 2.46. The van der Waals surface area contributed by atoms with Crippen LogP contribution in [-0.4, -0.2) is 35.2 Å². The largest absolute Gasteiger partial charge is 0.354 e. The van der Waals surface area contributed by atoms with Crippen LogP contribution in [0.5, 0.6) is 0 Å². The van der Waals surface area contributed by atoms with Crippen molar-refractivity contribution in [3.63, 3.8) is 0 Å². The maximum Gasteiger partial charge on any atom is 0.233 e. The van der Waals surface area contributed by atoms with E-state index >= 15 is 0 Å². The van der Waals surface area contributed by atoms with Gasteiger partial charge in [0.2, 0.25) is 17.7 Å². The normalized spacial score (nSPS) is 35.5. The second kappa shape index (κ2) is 3.88. The SMILES string of the molecule is CC1C(=O)N(C2CCC(=O)NC2)C(=O)C1C. The predicted octanol–water partition coefficient (Wildman–Crippen LogP) is -0.0940. The molecule has 5 heteroatoms. The van der Waals surface area contributed by atoms with E-state index in [2.05, 4.69) is 5.32 Å². The third-order valence-electron chi connectivity index (χ3n) is 3.61. The van der Waals surface area contributed by atoms with Gasteiger partial charge in [-0.1, -0.05) is 13.8 Å². The minimum absolute atomic E-state index is 0.00329. The van der Waals surface area contributed by atoms with E-state index in [1.165, 1.54) is 4.90 Å². The summed E-state index contributed by atoms with van der Waals surface area (Å²) in [5, 5.41) is 2.69. The minimum Gasteiger partial charge on any atom is -0.354 e. The number of carbonyl (C=O) groups is 3. The lowest BCUT2D eigenvalue weighted by atomic mass is 10.00. The van der Waals surface area contributed by atoms with Gasteiger partial charge in [-0.25, -0.2) is 0 Å². The van der Waals surface area contributed by atoms with Gasteiger partial charge < -0.3 is 5.32 Å². The minimum atomic E-state index is -0.231. The van der Waals surface area contributed by atoms with Crippen LogP contribution in [0.2, 0.25) is 0 Å². The topological polar surface area (TPSA) is 66.5 Å². The van der Waals surface area contributed by atoms with Crippen LogP contribution < -0.4 is 5.32 Å². The number of hydrogen-bond acceptors (Lipinski definition) is 3. The van der Waals surface area contributed by atoms with E-state index in [1.807, 2.05) is 0 Å². The van der Waals surface area contributed by atoms with Gasteiger partial charge in [0.05, 0.1) is 6.04 Å². The number of amides is 3. The van der Waals surface area contributed by atoms with Gasteiger partial charge in [-0.3, -0.25) is 19.3 Å². The third-order valence-corrected chi connectivity index (χ3v) is 3.61. The van der Waals surface area contributed by atoms with Gasteiger partial charge in [-0.15, -0.1) is 0 Å². The molecule has 5 nitrogen and oxygen atoms in total. The number of imide groups is 1. The van der Waals surface area contributed by atoms with Gasteiger partial charge in [0.25, 0.3) is 0 Å². The molecule has 1 N–H and O–H groups in total. The first-order chi connectivity index (χ1) is 7.52. The zero-order chi connectivity index (χ0) is 11.9. The number of rotatable bonds is 1. The third kappa shape index (κ3) is 1.60. The number of hydrogen-bond donors (Lipinski definition) is 1. The molecular formula is C11H16N2O3. The Hall–Kier alpha value is -1.39. The van der Waals surface area contributed by atoms with E-state index in [0.717, 1.165) is 0 Å². The van der Waals surface area contributed by atoms with Gasteiger partial charge in [-0.05, 0) is 6.42 Å². The molecule has 0 aromatic rings. The molecule has 88 valence electrons. The summed E-state index contributed by atoms with van der Waals surface area (Å²) in [6.07, 6.45) is 0.979. The molecule has 0 bridgehead atoms. The molecule has 0 radical (unpaired) electrons. The Morgan fingerprint density at radius 1 is 1.12 bits per heavy atom.